The minimum absolute atomic E-state index is 0.240. The van der Waals surface area contributed by atoms with Crippen molar-refractivity contribution in [2.75, 3.05) is 6.61 Å². The van der Waals surface area contributed by atoms with Crippen molar-refractivity contribution in [2.24, 2.45) is 0 Å². The minimum atomic E-state index is -1.52. The fourth-order valence-corrected chi connectivity index (χ4v) is 0.971. The van der Waals surface area contributed by atoms with Gasteiger partial charge in [0.1, 0.15) is 6.61 Å². The van der Waals surface area contributed by atoms with E-state index in [-0.39, 0.29) is 6.61 Å². The Morgan fingerprint density at radius 2 is 1.92 bits per heavy atom. The van der Waals surface area contributed by atoms with Gasteiger partial charge in [-0.2, -0.15) is 0 Å². The lowest BCUT2D eigenvalue weighted by Gasteiger charge is -2.01. The molecule has 13 heavy (non-hydrogen) atoms. The predicted molar refractivity (Wildman–Crippen MR) is 50.2 cm³/mol. The first-order valence-corrected chi connectivity index (χ1v) is 3.80. The Hall–Kier alpha value is -1.28. The van der Waals surface area contributed by atoms with Crippen LogP contribution in [0.15, 0.2) is 24.3 Å². The predicted octanol–water partition coefficient (Wildman–Crippen LogP) is -1.29. The average Bonchev–Trinajstić information content (AvgIpc) is 2.15. The number of hydrogen-bond donors (Lipinski definition) is 3. The Kier molecular flexibility index (Phi) is 3.53. The molecule has 1 aromatic rings. The third kappa shape index (κ3) is 2.60. The molecule has 0 amide bonds. The van der Waals surface area contributed by atoms with E-state index in [1.54, 1.807) is 24.3 Å². The van der Waals surface area contributed by atoms with Gasteiger partial charge in [-0.3, -0.25) is 0 Å². The van der Waals surface area contributed by atoms with Crippen molar-refractivity contribution in [1.82, 2.24) is 0 Å². The molecule has 0 aromatic heterocycles. The molecule has 66 valence electrons. The van der Waals surface area contributed by atoms with Crippen molar-refractivity contribution in [3.05, 3.63) is 29.8 Å². The van der Waals surface area contributed by atoms with E-state index in [0.717, 1.165) is 0 Å². The summed E-state index contributed by atoms with van der Waals surface area (Å²) in [6.07, 6.45) is 0. The first-order chi connectivity index (χ1) is 6.25. The van der Waals surface area contributed by atoms with E-state index in [0.29, 0.717) is 11.0 Å². The Balaban J connectivity index is 3.05. The molecule has 0 atom stereocenters. The highest BCUT2D eigenvalue weighted by Crippen LogP contribution is 1.94. The van der Waals surface area contributed by atoms with Gasteiger partial charge in [0, 0.05) is 5.56 Å². The van der Waals surface area contributed by atoms with Crippen molar-refractivity contribution in [2.45, 2.75) is 0 Å². The molecule has 0 aliphatic rings. The summed E-state index contributed by atoms with van der Waals surface area (Å²) in [4.78, 5) is 0. The SMILES string of the molecule is OCC#Cc1ccccc1B(O)O. The standard InChI is InChI=1S/C9H9BO3/c11-7-3-5-8-4-1-2-6-9(8)10(12)13/h1-2,4,6,11-13H,7H2. The van der Waals surface area contributed by atoms with Crippen LogP contribution in [-0.2, 0) is 0 Å². The van der Waals surface area contributed by atoms with Crippen LogP contribution in [0.5, 0.6) is 0 Å². The summed E-state index contributed by atoms with van der Waals surface area (Å²) < 4.78 is 0. The number of benzene rings is 1. The molecule has 0 saturated heterocycles. The summed E-state index contributed by atoms with van der Waals surface area (Å²) in [5.74, 6) is 5.07. The van der Waals surface area contributed by atoms with Crippen LogP contribution in [0.2, 0.25) is 0 Å². The summed E-state index contributed by atoms with van der Waals surface area (Å²) in [5.41, 5.74) is 0.870. The molecular weight excluding hydrogens is 167 g/mol. The molecule has 1 aromatic carbocycles. The van der Waals surface area contributed by atoms with E-state index in [1.807, 2.05) is 0 Å². The van der Waals surface area contributed by atoms with Gasteiger partial charge in [0.25, 0.3) is 0 Å². The van der Waals surface area contributed by atoms with Gasteiger partial charge in [-0.15, -0.1) is 0 Å². The Labute approximate surface area is 76.8 Å². The molecule has 0 radical (unpaired) electrons. The highest BCUT2D eigenvalue weighted by molar-refractivity contribution is 6.59. The van der Waals surface area contributed by atoms with Gasteiger partial charge in [0.15, 0.2) is 0 Å². The van der Waals surface area contributed by atoms with Gasteiger partial charge >= 0.3 is 7.12 Å². The molecule has 3 nitrogen and oxygen atoms in total. The van der Waals surface area contributed by atoms with Crippen molar-refractivity contribution in [1.29, 1.82) is 0 Å². The molecule has 0 spiro atoms. The lowest BCUT2D eigenvalue weighted by atomic mass is 9.77. The second-order valence-corrected chi connectivity index (χ2v) is 2.42. The summed E-state index contributed by atoms with van der Waals surface area (Å²) in [5, 5.41) is 26.3. The van der Waals surface area contributed by atoms with E-state index in [1.165, 1.54) is 0 Å². The third-order valence-electron chi connectivity index (χ3n) is 1.54. The van der Waals surface area contributed by atoms with Gasteiger partial charge in [-0.05, 0) is 11.5 Å². The molecule has 0 aliphatic carbocycles. The fraction of sp³-hybridized carbons (Fsp3) is 0.111. The van der Waals surface area contributed by atoms with E-state index >= 15 is 0 Å². The Morgan fingerprint density at radius 3 is 2.54 bits per heavy atom. The Morgan fingerprint density at radius 1 is 1.23 bits per heavy atom. The van der Waals surface area contributed by atoms with Crippen molar-refractivity contribution in [3.63, 3.8) is 0 Å². The maximum atomic E-state index is 8.93. The molecule has 1 rings (SSSR count). The molecule has 0 unspecified atom stereocenters. The van der Waals surface area contributed by atoms with Crippen LogP contribution in [0.4, 0.5) is 0 Å². The molecule has 3 N–H and O–H groups in total. The number of rotatable bonds is 1. The van der Waals surface area contributed by atoms with E-state index in [2.05, 4.69) is 11.8 Å². The zero-order valence-corrected chi connectivity index (χ0v) is 6.94. The van der Waals surface area contributed by atoms with Crippen molar-refractivity contribution >= 4 is 12.6 Å². The van der Waals surface area contributed by atoms with Crippen LogP contribution in [0.25, 0.3) is 0 Å². The van der Waals surface area contributed by atoms with Gasteiger partial charge in [-0.25, -0.2) is 0 Å². The van der Waals surface area contributed by atoms with E-state index in [4.69, 9.17) is 15.2 Å². The molecule has 4 heteroatoms. The normalized spacial score (nSPS) is 8.85. The summed E-state index contributed by atoms with van der Waals surface area (Å²) in [7, 11) is -1.52. The van der Waals surface area contributed by atoms with Crippen molar-refractivity contribution in [3.8, 4) is 11.8 Å². The minimum Gasteiger partial charge on any atom is -0.423 e. The van der Waals surface area contributed by atoms with Crippen LogP contribution < -0.4 is 5.46 Å². The zero-order chi connectivity index (χ0) is 9.68. The van der Waals surface area contributed by atoms with Crippen LogP contribution >= 0.6 is 0 Å². The molecule has 0 saturated carbocycles. The van der Waals surface area contributed by atoms with Gasteiger partial charge < -0.3 is 15.2 Å². The number of hydrogen-bond acceptors (Lipinski definition) is 3. The molecule has 0 heterocycles. The maximum Gasteiger partial charge on any atom is 0.489 e. The highest BCUT2D eigenvalue weighted by atomic mass is 16.4. The average molecular weight is 176 g/mol. The van der Waals surface area contributed by atoms with Gasteiger partial charge in [-0.1, -0.05) is 30.0 Å². The largest absolute Gasteiger partial charge is 0.489 e. The van der Waals surface area contributed by atoms with E-state index in [9.17, 15) is 0 Å². The summed E-state index contributed by atoms with van der Waals surface area (Å²) in [6, 6.07) is 6.68. The molecule has 0 bridgehead atoms. The topological polar surface area (TPSA) is 60.7 Å². The first kappa shape index (κ1) is 9.81. The zero-order valence-electron chi connectivity index (χ0n) is 6.94. The highest BCUT2D eigenvalue weighted by Gasteiger charge is 2.13. The molecular formula is C9H9BO3. The lowest BCUT2D eigenvalue weighted by Crippen LogP contribution is -2.32. The van der Waals surface area contributed by atoms with Crippen LogP contribution in [0.1, 0.15) is 5.56 Å². The molecule has 0 aliphatic heterocycles. The lowest BCUT2D eigenvalue weighted by molar-refractivity contribution is 0.350. The fourth-order valence-electron chi connectivity index (χ4n) is 0.971. The van der Waals surface area contributed by atoms with Crippen LogP contribution in [-0.4, -0.2) is 28.9 Å². The number of aliphatic hydroxyl groups is 1. The monoisotopic (exact) mass is 176 g/mol. The second kappa shape index (κ2) is 4.68. The van der Waals surface area contributed by atoms with Crippen LogP contribution in [0, 0.1) is 11.8 Å². The third-order valence-corrected chi connectivity index (χ3v) is 1.54. The van der Waals surface area contributed by atoms with Gasteiger partial charge in [0.05, 0.1) is 0 Å². The summed E-state index contributed by atoms with van der Waals surface area (Å²) in [6.45, 7) is -0.240. The number of aliphatic hydroxyl groups excluding tert-OH is 1. The quantitative estimate of drug-likeness (QED) is 0.368. The maximum absolute atomic E-state index is 8.93. The molecule has 0 fully saturated rings. The van der Waals surface area contributed by atoms with Crippen molar-refractivity contribution < 1.29 is 15.2 Å². The van der Waals surface area contributed by atoms with Gasteiger partial charge in [0.2, 0.25) is 0 Å². The Bertz CT molecular complexity index is 338. The summed E-state index contributed by atoms with van der Waals surface area (Å²) >= 11 is 0. The van der Waals surface area contributed by atoms with E-state index < -0.39 is 7.12 Å². The first-order valence-electron chi connectivity index (χ1n) is 3.80. The smallest absolute Gasteiger partial charge is 0.423 e. The van der Waals surface area contributed by atoms with Crippen LogP contribution in [0.3, 0.4) is 0 Å². The second-order valence-electron chi connectivity index (χ2n) is 2.42.